The topological polar surface area (TPSA) is 64.6 Å². The summed E-state index contributed by atoms with van der Waals surface area (Å²) >= 11 is 0.484. The van der Waals surface area contributed by atoms with Crippen molar-refractivity contribution in [3.8, 4) is 0 Å². The van der Waals surface area contributed by atoms with Crippen LogP contribution in [0.3, 0.4) is 0 Å². The van der Waals surface area contributed by atoms with Gasteiger partial charge in [0, 0.05) is 22.3 Å². The van der Waals surface area contributed by atoms with Crippen LogP contribution >= 0.6 is 11.8 Å². The van der Waals surface area contributed by atoms with E-state index in [-0.39, 0.29) is 0 Å². The number of benzene rings is 1. The Hall–Kier alpha value is -1.50. The molecule has 1 aromatic carbocycles. The number of nitrogens with one attached hydrogen (secondary N) is 1. The smallest absolute Gasteiger partial charge is 0.322 e. The predicted molar refractivity (Wildman–Crippen MR) is 96.2 cm³/mol. The molecule has 120 valence electrons. The lowest BCUT2D eigenvalue weighted by Gasteiger charge is -2.13. The number of thioether (sulfide) groups is 1. The van der Waals surface area contributed by atoms with Crippen LogP contribution in [0, 0.1) is 0 Å². The van der Waals surface area contributed by atoms with E-state index in [0.717, 1.165) is 29.6 Å². The second kappa shape index (κ2) is 7.38. The zero-order valence-electron chi connectivity index (χ0n) is 13.2. The maximum Gasteiger partial charge on any atom is 0.322 e. The molecule has 3 aromatic rings. The standard InChI is InChI=1S/C17H19N3OS2/c1-3-6-12-15(18-10-9-16(12)22-2)11-23(21)17-19-13-7-4-5-8-14(13)20-17/h4-5,7-10H,3,6,11H2,1-2H3,(H,19,20). The van der Waals surface area contributed by atoms with E-state index in [4.69, 9.17) is 0 Å². The molecule has 0 aliphatic carbocycles. The number of aromatic nitrogens is 3. The van der Waals surface area contributed by atoms with Crippen LogP contribution in [0.2, 0.25) is 0 Å². The fourth-order valence-electron chi connectivity index (χ4n) is 2.58. The Kier molecular flexibility index (Phi) is 5.25. The molecule has 0 radical (unpaired) electrons. The van der Waals surface area contributed by atoms with Crippen LogP contribution in [-0.2, 0) is 23.3 Å². The van der Waals surface area contributed by atoms with Gasteiger partial charge >= 0.3 is 5.16 Å². The molecule has 0 fully saturated rings. The summed E-state index contributed by atoms with van der Waals surface area (Å²) in [6, 6.07) is 9.76. The highest BCUT2D eigenvalue weighted by Gasteiger charge is 2.20. The molecular formula is C17H19N3OS2. The van der Waals surface area contributed by atoms with Crippen molar-refractivity contribution in [3.63, 3.8) is 0 Å². The Labute approximate surface area is 143 Å². The molecular weight excluding hydrogens is 326 g/mol. The van der Waals surface area contributed by atoms with Crippen LogP contribution in [0.15, 0.2) is 46.6 Å². The molecule has 0 amide bonds. The summed E-state index contributed by atoms with van der Waals surface area (Å²) < 4.78 is 12.7. The van der Waals surface area contributed by atoms with Crippen molar-refractivity contribution in [3.05, 3.63) is 47.8 Å². The minimum absolute atomic E-state index is 0.392. The van der Waals surface area contributed by atoms with Crippen molar-refractivity contribution in [2.45, 2.75) is 35.6 Å². The van der Waals surface area contributed by atoms with Crippen LogP contribution < -0.4 is 0 Å². The first-order valence-corrected chi connectivity index (χ1v) is 10.1. The van der Waals surface area contributed by atoms with Gasteiger partial charge in [-0.05, 0) is 36.4 Å². The van der Waals surface area contributed by atoms with Gasteiger partial charge in [0.05, 0.1) is 16.7 Å². The molecule has 0 saturated carbocycles. The highest BCUT2D eigenvalue weighted by Crippen LogP contribution is 2.26. The summed E-state index contributed by atoms with van der Waals surface area (Å²) in [5, 5.41) is 0.519. The van der Waals surface area contributed by atoms with Gasteiger partial charge in [-0.1, -0.05) is 25.5 Å². The minimum Gasteiger partial charge on any atom is -0.609 e. The SMILES string of the molecule is CCCc1c(SC)ccnc1C[S+]([O-])c1nc2ccccc2[nH]1. The van der Waals surface area contributed by atoms with Gasteiger partial charge in [-0.3, -0.25) is 9.97 Å². The Morgan fingerprint density at radius 3 is 2.83 bits per heavy atom. The van der Waals surface area contributed by atoms with Crippen molar-refractivity contribution in [1.82, 2.24) is 15.0 Å². The van der Waals surface area contributed by atoms with Gasteiger partial charge in [0.25, 0.3) is 0 Å². The third-order valence-corrected chi connectivity index (χ3v) is 5.66. The van der Waals surface area contributed by atoms with E-state index in [1.54, 1.807) is 18.0 Å². The molecule has 3 rings (SSSR count). The van der Waals surface area contributed by atoms with E-state index < -0.39 is 11.2 Å². The maximum absolute atomic E-state index is 12.7. The number of imidazole rings is 1. The number of hydrogen-bond donors (Lipinski definition) is 1. The van der Waals surface area contributed by atoms with E-state index in [1.807, 2.05) is 30.3 Å². The van der Waals surface area contributed by atoms with E-state index in [1.165, 1.54) is 10.5 Å². The van der Waals surface area contributed by atoms with Crippen molar-refractivity contribution in [2.75, 3.05) is 6.26 Å². The fourth-order valence-corrected chi connectivity index (χ4v) is 4.30. The molecule has 2 aromatic heterocycles. The number of nitrogens with zero attached hydrogens (tertiary/aromatic N) is 2. The van der Waals surface area contributed by atoms with E-state index >= 15 is 0 Å². The maximum atomic E-state index is 12.7. The monoisotopic (exact) mass is 345 g/mol. The average Bonchev–Trinajstić information content (AvgIpc) is 3.00. The summed E-state index contributed by atoms with van der Waals surface area (Å²) in [5.41, 5.74) is 3.88. The van der Waals surface area contributed by atoms with Crippen LogP contribution in [0.4, 0.5) is 0 Å². The highest BCUT2D eigenvalue weighted by atomic mass is 32.2. The van der Waals surface area contributed by atoms with Crippen molar-refractivity contribution < 1.29 is 4.55 Å². The predicted octanol–water partition coefficient (Wildman–Crippen LogP) is 3.94. The van der Waals surface area contributed by atoms with Crippen molar-refractivity contribution in [1.29, 1.82) is 0 Å². The van der Waals surface area contributed by atoms with Gasteiger partial charge in [-0.25, -0.2) is 0 Å². The van der Waals surface area contributed by atoms with Gasteiger partial charge < -0.3 is 4.55 Å². The molecule has 0 aliphatic heterocycles. The number of pyridine rings is 1. The van der Waals surface area contributed by atoms with Crippen molar-refractivity contribution >= 4 is 34.0 Å². The first-order chi connectivity index (χ1) is 11.2. The number of fused-ring (bicyclic) bond motifs is 1. The summed E-state index contributed by atoms with van der Waals surface area (Å²) in [6.07, 6.45) is 5.87. The Morgan fingerprint density at radius 2 is 2.09 bits per heavy atom. The summed E-state index contributed by atoms with van der Waals surface area (Å²) in [7, 11) is 0. The Balaban J connectivity index is 1.88. The van der Waals surface area contributed by atoms with E-state index in [9.17, 15) is 4.55 Å². The van der Waals surface area contributed by atoms with E-state index in [0.29, 0.717) is 10.9 Å². The quantitative estimate of drug-likeness (QED) is 0.543. The first-order valence-electron chi connectivity index (χ1n) is 7.56. The zero-order chi connectivity index (χ0) is 16.2. The summed E-state index contributed by atoms with van der Waals surface area (Å²) in [4.78, 5) is 13.3. The fraction of sp³-hybridized carbons (Fsp3) is 0.294. The summed E-state index contributed by atoms with van der Waals surface area (Å²) in [5.74, 6) is 0.392. The lowest BCUT2D eigenvalue weighted by molar-refractivity contribution is 0.586. The van der Waals surface area contributed by atoms with Crippen LogP contribution in [0.5, 0.6) is 0 Å². The van der Waals surface area contributed by atoms with Crippen LogP contribution in [0.25, 0.3) is 11.0 Å². The Morgan fingerprint density at radius 1 is 1.26 bits per heavy atom. The largest absolute Gasteiger partial charge is 0.609 e. The van der Waals surface area contributed by atoms with Gasteiger partial charge in [0.1, 0.15) is 0 Å². The molecule has 1 atom stereocenters. The molecule has 4 nitrogen and oxygen atoms in total. The number of para-hydroxylation sites is 2. The van der Waals surface area contributed by atoms with Crippen molar-refractivity contribution in [2.24, 2.45) is 0 Å². The molecule has 2 heterocycles. The van der Waals surface area contributed by atoms with Crippen LogP contribution in [0.1, 0.15) is 24.6 Å². The lowest BCUT2D eigenvalue weighted by atomic mass is 10.1. The minimum atomic E-state index is -1.23. The van der Waals surface area contributed by atoms with Gasteiger partial charge in [0.15, 0.2) is 5.75 Å². The molecule has 0 saturated heterocycles. The third kappa shape index (κ3) is 3.54. The zero-order valence-corrected chi connectivity index (χ0v) is 14.8. The molecule has 23 heavy (non-hydrogen) atoms. The van der Waals surface area contributed by atoms with Gasteiger partial charge in [-0.2, -0.15) is 4.98 Å². The number of hydrogen-bond acceptors (Lipinski definition) is 4. The molecule has 0 aliphatic rings. The Bertz CT molecular complexity index is 770. The lowest BCUT2D eigenvalue weighted by Crippen LogP contribution is -2.11. The second-order valence-corrected chi connectivity index (χ2v) is 7.45. The van der Waals surface area contributed by atoms with Crippen LogP contribution in [-0.4, -0.2) is 25.8 Å². The number of H-pyrrole nitrogens is 1. The number of aromatic amines is 1. The third-order valence-electron chi connectivity index (χ3n) is 3.67. The highest BCUT2D eigenvalue weighted by molar-refractivity contribution is 7.98. The normalized spacial score (nSPS) is 12.7. The summed E-state index contributed by atoms with van der Waals surface area (Å²) in [6.45, 7) is 2.15. The molecule has 0 bridgehead atoms. The first kappa shape index (κ1) is 16.4. The molecule has 6 heteroatoms. The van der Waals surface area contributed by atoms with E-state index in [2.05, 4.69) is 28.1 Å². The second-order valence-electron chi connectivity index (χ2n) is 5.24. The van der Waals surface area contributed by atoms with Gasteiger partial charge in [0.2, 0.25) is 0 Å². The van der Waals surface area contributed by atoms with Gasteiger partial charge in [-0.15, -0.1) is 11.8 Å². The number of rotatable bonds is 6. The molecule has 0 spiro atoms. The molecule has 1 unspecified atom stereocenters. The molecule has 1 N–H and O–H groups in total. The average molecular weight is 345 g/mol.